The fraction of sp³-hybridized carbons (Fsp3) is 0.462. The van der Waals surface area contributed by atoms with E-state index in [4.69, 9.17) is 27.9 Å². The van der Waals surface area contributed by atoms with Crippen molar-refractivity contribution < 1.29 is 14.8 Å². The van der Waals surface area contributed by atoms with Crippen LogP contribution in [0.3, 0.4) is 0 Å². The number of halogens is 2. The van der Waals surface area contributed by atoms with E-state index in [1.165, 1.54) is 0 Å². The van der Waals surface area contributed by atoms with Gasteiger partial charge in [-0.25, -0.2) is 0 Å². The molecule has 0 aliphatic rings. The largest absolute Gasteiger partial charge is 0.379 e. The molecule has 1 aromatic carbocycles. The second-order valence-electron chi connectivity index (χ2n) is 4.53. The van der Waals surface area contributed by atoms with Crippen molar-refractivity contribution in [2.75, 3.05) is 19.0 Å². The average molecular weight is 306 g/mol. The summed E-state index contributed by atoms with van der Waals surface area (Å²) < 4.78 is 5.04. The molecule has 106 valence electrons. The van der Waals surface area contributed by atoms with Crippen molar-refractivity contribution in [3.63, 3.8) is 0 Å². The Labute approximate surface area is 123 Å². The molecule has 1 rings (SSSR count). The second-order valence-corrected chi connectivity index (χ2v) is 5.37. The number of quaternary nitrogens is 1. The Bertz CT molecular complexity index is 441. The number of amides is 1. The van der Waals surface area contributed by atoms with Crippen LogP contribution in [0.2, 0.25) is 10.0 Å². The molecular formula is C13H19Cl2N2O2+. The molecule has 2 atom stereocenters. The van der Waals surface area contributed by atoms with Crippen molar-refractivity contribution in [1.82, 2.24) is 0 Å². The highest BCUT2D eigenvalue weighted by atomic mass is 35.5. The molecule has 0 aliphatic heterocycles. The maximum atomic E-state index is 12.0. The standard InChI is InChI=1S/C13H18Cl2N2O2/c1-8(7-19-3)16-9(2)13(18)17-12-6-10(14)4-5-11(12)15/h4-6,8-9,16H,7H2,1-3H3,(H,17,18)/p+1/t8-,9+/m0/s1. The smallest absolute Gasteiger partial charge is 0.282 e. The first kappa shape index (κ1) is 16.2. The summed E-state index contributed by atoms with van der Waals surface area (Å²) in [5.74, 6) is -0.118. The van der Waals surface area contributed by atoms with Crippen LogP contribution in [-0.4, -0.2) is 31.7 Å². The van der Waals surface area contributed by atoms with Gasteiger partial charge in [-0.1, -0.05) is 23.2 Å². The summed E-state index contributed by atoms with van der Waals surface area (Å²) in [6.07, 6.45) is 0. The number of anilines is 1. The first-order chi connectivity index (χ1) is 8.93. The summed E-state index contributed by atoms with van der Waals surface area (Å²) in [5, 5.41) is 5.71. The summed E-state index contributed by atoms with van der Waals surface area (Å²) in [4.78, 5) is 12.0. The van der Waals surface area contributed by atoms with Gasteiger partial charge in [-0.2, -0.15) is 0 Å². The number of hydrogen-bond donors (Lipinski definition) is 2. The van der Waals surface area contributed by atoms with E-state index in [1.54, 1.807) is 25.3 Å². The van der Waals surface area contributed by atoms with Crippen molar-refractivity contribution >= 4 is 34.8 Å². The zero-order valence-corrected chi connectivity index (χ0v) is 12.8. The normalized spacial score (nSPS) is 13.9. The van der Waals surface area contributed by atoms with Gasteiger partial charge in [-0.05, 0) is 32.0 Å². The minimum atomic E-state index is -0.236. The number of nitrogens with two attached hydrogens (primary N) is 1. The lowest BCUT2D eigenvalue weighted by Crippen LogP contribution is -2.96. The molecule has 0 aromatic heterocycles. The van der Waals surface area contributed by atoms with Crippen LogP contribution in [0.1, 0.15) is 13.8 Å². The summed E-state index contributed by atoms with van der Waals surface area (Å²) in [6.45, 7) is 4.43. The minimum absolute atomic E-state index is 0.118. The van der Waals surface area contributed by atoms with Crippen molar-refractivity contribution in [3.05, 3.63) is 28.2 Å². The average Bonchev–Trinajstić information content (AvgIpc) is 2.34. The number of methoxy groups -OCH3 is 1. The molecule has 0 unspecified atom stereocenters. The first-order valence-electron chi connectivity index (χ1n) is 6.04. The van der Waals surface area contributed by atoms with Gasteiger partial charge in [0.25, 0.3) is 5.91 Å². The molecule has 0 aliphatic carbocycles. The SMILES string of the molecule is COC[C@H](C)[NH2+][C@H](C)C(=O)Nc1cc(Cl)ccc1Cl. The molecule has 0 fully saturated rings. The number of nitrogens with one attached hydrogen (secondary N) is 1. The third-order valence-corrected chi connectivity index (χ3v) is 3.21. The molecule has 0 radical (unpaired) electrons. The van der Waals surface area contributed by atoms with E-state index in [0.29, 0.717) is 22.3 Å². The Morgan fingerprint density at radius 3 is 2.74 bits per heavy atom. The third-order valence-electron chi connectivity index (χ3n) is 2.65. The fourth-order valence-corrected chi connectivity index (χ4v) is 2.08. The monoisotopic (exact) mass is 305 g/mol. The Morgan fingerprint density at radius 1 is 1.42 bits per heavy atom. The van der Waals surface area contributed by atoms with E-state index in [1.807, 2.05) is 19.2 Å². The van der Waals surface area contributed by atoms with Gasteiger partial charge in [0.05, 0.1) is 17.3 Å². The van der Waals surface area contributed by atoms with Crippen LogP contribution in [0.5, 0.6) is 0 Å². The van der Waals surface area contributed by atoms with E-state index in [0.717, 1.165) is 0 Å². The third kappa shape index (κ3) is 5.37. The number of carbonyl (C=O) groups is 1. The molecule has 0 spiro atoms. The Morgan fingerprint density at radius 2 is 2.11 bits per heavy atom. The maximum Gasteiger partial charge on any atom is 0.282 e. The summed E-state index contributed by atoms with van der Waals surface area (Å²) >= 11 is 11.9. The van der Waals surface area contributed by atoms with Crippen molar-refractivity contribution in [1.29, 1.82) is 0 Å². The predicted molar refractivity (Wildman–Crippen MR) is 77.8 cm³/mol. The zero-order valence-electron chi connectivity index (χ0n) is 11.2. The van der Waals surface area contributed by atoms with Gasteiger partial charge in [-0.3, -0.25) is 4.79 Å². The number of hydrogen-bond acceptors (Lipinski definition) is 2. The molecule has 1 amide bonds. The van der Waals surface area contributed by atoms with Gasteiger partial charge in [0.15, 0.2) is 6.04 Å². The maximum absolute atomic E-state index is 12.0. The molecule has 0 bridgehead atoms. The van der Waals surface area contributed by atoms with Crippen LogP contribution in [0, 0.1) is 0 Å². The number of carbonyl (C=O) groups excluding carboxylic acids is 1. The van der Waals surface area contributed by atoms with E-state index in [-0.39, 0.29) is 18.0 Å². The first-order valence-corrected chi connectivity index (χ1v) is 6.79. The second kappa shape index (κ2) is 7.70. The molecule has 4 nitrogen and oxygen atoms in total. The van der Waals surface area contributed by atoms with Crippen LogP contribution in [0.4, 0.5) is 5.69 Å². The van der Waals surface area contributed by atoms with Crippen molar-refractivity contribution in [3.8, 4) is 0 Å². The predicted octanol–water partition coefficient (Wildman–Crippen LogP) is 1.92. The van der Waals surface area contributed by atoms with Crippen LogP contribution < -0.4 is 10.6 Å². The molecule has 6 heteroatoms. The molecule has 3 N–H and O–H groups in total. The summed E-state index contributed by atoms with van der Waals surface area (Å²) in [7, 11) is 1.64. The minimum Gasteiger partial charge on any atom is -0.379 e. The van der Waals surface area contributed by atoms with Crippen LogP contribution in [-0.2, 0) is 9.53 Å². The Balaban J connectivity index is 2.61. The van der Waals surface area contributed by atoms with Crippen LogP contribution >= 0.6 is 23.2 Å². The molecule has 0 saturated carbocycles. The highest BCUT2D eigenvalue weighted by molar-refractivity contribution is 6.35. The molecular weight excluding hydrogens is 287 g/mol. The van der Waals surface area contributed by atoms with Gasteiger partial charge in [0, 0.05) is 12.1 Å². The number of rotatable bonds is 6. The Hall–Kier alpha value is -0.810. The lowest BCUT2D eigenvalue weighted by Gasteiger charge is -2.16. The lowest BCUT2D eigenvalue weighted by atomic mass is 10.2. The number of benzene rings is 1. The fourth-order valence-electron chi connectivity index (χ4n) is 1.74. The number of ether oxygens (including phenoxy) is 1. The highest BCUT2D eigenvalue weighted by Crippen LogP contribution is 2.25. The van der Waals surface area contributed by atoms with E-state index in [2.05, 4.69) is 5.32 Å². The van der Waals surface area contributed by atoms with Crippen molar-refractivity contribution in [2.24, 2.45) is 0 Å². The van der Waals surface area contributed by atoms with Gasteiger partial charge in [0.2, 0.25) is 0 Å². The topological polar surface area (TPSA) is 54.9 Å². The van der Waals surface area contributed by atoms with E-state index < -0.39 is 0 Å². The summed E-state index contributed by atoms with van der Waals surface area (Å²) in [6, 6.07) is 4.94. The molecule has 1 aromatic rings. The van der Waals surface area contributed by atoms with E-state index >= 15 is 0 Å². The highest BCUT2D eigenvalue weighted by Gasteiger charge is 2.20. The van der Waals surface area contributed by atoms with Crippen LogP contribution in [0.25, 0.3) is 0 Å². The molecule has 0 saturated heterocycles. The van der Waals surface area contributed by atoms with Gasteiger partial charge in [0.1, 0.15) is 6.04 Å². The van der Waals surface area contributed by atoms with Gasteiger partial charge in [-0.15, -0.1) is 0 Å². The summed E-state index contributed by atoms with van der Waals surface area (Å²) in [5.41, 5.74) is 0.527. The van der Waals surface area contributed by atoms with E-state index in [9.17, 15) is 4.79 Å². The lowest BCUT2D eigenvalue weighted by molar-refractivity contribution is -0.704. The zero-order chi connectivity index (χ0) is 14.4. The van der Waals surface area contributed by atoms with Gasteiger partial charge >= 0.3 is 0 Å². The Kier molecular flexibility index (Phi) is 6.58. The van der Waals surface area contributed by atoms with Crippen LogP contribution in [0.15, 0.2) is 18.2 Å². The quantitative estimate of drug-likeness (QED) is 0.843. The van der Waals surface area contributed by atoms with Crippen molar-refractivity contribution in [2.45, 2.75) is 25.9 Å². The molecule has 19 heavy (non-hydrogen) atoms. The van der Waals surface area contributed by atoms with Gasteiger partial charge < -0.3 is 15.4 Å². The molecule has 0 heterocycles.